The van der Waals surface area contributed by atoms with Gasteiger partial charge in [0.05, 0.1) is 18.2 Å². The molecule has 10 nitrogen and oxygen atoms in total. The Morgan fingerprint density at radius 1 is 1.23 bits per heavy atom. The smallest absolute Gasteiger partial charge is 0.407 e. The van der Waals surface area contributed by atoms with Crippen molar-refractivity contribution in [3.05, 3.63) is 59.2 Å². The molecule has 1 aliphatic heterocycles. The van der Waals surface area contributed by atoms with Crippen LogP contribution in [0.5, 0.6) is 0 Å². The average Bonchev–Trinajstić information content (AvgIpc) is 3.36. The first kappa shape index (κ1) is 28.4. The number of amides is 2. The number of carbonyl (C=O) groups is 2. The van der Waals surface area contributed by atoms with Crippen LogP contribution in [0.15, 0.2) is 36.7 Å². The molecule has 1 aliphatic rings. The van der Waals surface area contributed by atoms with Gasteiger partial charge >= 0.3 is 6.09 Å². The number of aromatic nitrogens is 4. The minimum absolute atomic E-state index is 0.0564. The summed E-state index contributed by atoms with van der Waals surface area (Å²) in [5.41, 5.74) is 1.63. The Bertz CT molecular complexity index is 1390. The van der Waals surface area contributed by atoms with Crippen LogP contribution in [0.3, 0.4) is 0 Å². The van der Waals surface area contributed by atoms with E-state index in [1.54, 1.807) is 24.5 Å². The van der Waals surface area contributed by atoms with Crippen molar-refractivity contribution >= 4 is 26.1 Å². The van der Waals surface area contributed by atoms with Gasteiger partial charge in [-0.25, -0.2) is 14.2 Å². The van der Waals surface area contributed by atoms with E-state index in [4.69, 9.17) is 4.43 Å². The van der Waals surface area contributed by atoms with E-state index in [0.717, 1.165) is 0 Å². The summed E-state index contributed by atoms with van der Waals surface area (Å²) >= 11 is 0. The van der Waals surface area contributed by atoms with Gasteiger partial charge in [0.1, 0.15) is 23.7 Å². The molecule has 1 aromatic carbocycles. The maximum atomic E-state index is 14.8. The van der Waals surface area contributed by atoms with Crippen molar-refractivity contribution in [2.45, 2.75) is 64.8 Å². The van der Waals surface area contributed by atoms with E-state index in [0.29, 0.717) is 35.7 Å². The number of nitrogens with zero attached hydrogens (tertiary/aromatic N) is 5. The summed E-state index contributed by atoms with van der Waals surface area (Å²) in [5, 5.41) is 20.4. The summed E-state index contributed by atoms with van der Waals surface area (Å²) in [4.78, 5) is 30.1. The zero-order valence-corrected chi connectivity index (χ0v) is 24.2. The standard InChI is InChI=1S/C27H35FN6O4Si/c1-17(15-38-39(5,6)27(2,3)4)34-16-29-32-24(34)22-8-7-9-23(30-22)31-25(35)20-12-19-14-33(26(36)37)11-10-18(19)13-21(20)28/h7-9,12-13,16-17H,10-11,14-15H2,1-6H3,(H,36,37)(H,30,31,35). The van der Waals surface area contributed by atoms with Crippen molar-refractivity contribution in [3.63, 3.8) is 0 Å². The van der Waals surface area contributed by atoms with Crippen LogP contribution >= 0.6 is 0 Å². The highest BCUT2D eigenvalue weighted by molar-refractivity contribution is 6.74. The molecule has 0 bridgehead atoms. The van der Waals surface area contributed by atoms with Crippen LogP contribution in [0.4, 0.5) is 15.0 Å². The average molecular weight is 555 g/mol. The summed E-state index contributed by atoms with van der Waals surface area (Å²) in [6.07, 6.45) is 0.972. The van der Waals surface area contributed by atoms with Gasteiger partial charge in [-0.2, -0.15) is 0 Å². The van der Waals surface area contributed by atoms with Crippen molar-refractivity contribution in [1.82, 2.24) is 24.6 Å². The molecule has 0 saturated heterocycles. The molecule has 12 heteroatoms. The number of hydrogen-bond acceptors (Lipinski definition) is 6. The highest BCUT2D eigenvalue weighted by Crippen LogP contribution is 2.37. The third-order valence-corrected chi connectivity index (χ3v) is 12.1. The van der Waals surface area contributed by atoms with Crippen LogP contribution in [0.1, 0.15) is 55.2 Å². The summed E-state index contributed by atoms with van der Waals surface area (Å²) in [6.45, 7) is 13.9. The van der Waals surface area contributed by atoms with Crippen LogP contribution in [-0.2, 0) is 17.4 Å². The van der Waals surface area contributed by atoms with Gasteiger partial charge in [0.2, 0.25) is 0 Å². The molecule has 1 unspecified atom stereocenters. The minimum Gasteiger partial charge on any atom is -0.465 e. The quantitative estimate of drug-likeness (QED) is 0.378. The molecule has 3 aromatic rings. The van der Waals surface area contributed by atoms with Crippen molar-refractivity contribution < 1.29 is 23.5 Å². The van der Waals surface area contributed by atoms with Gasteiger partial charge in [0.15, 0.2) is 14.1 Å². The number of carbonyl (C=O) groups excluding carboxylic acids is 1. The van der Waals surface area contributed by atoms with Crippen LogP contribution in [0.2, 0.25) is 18.1 Å². The zero-order valence-electron chi connectivity index (χ0n) is 23.2. The maximum Gasteiger partial charge on any atom is 0.407 e. The Balaban J connectivity index is 1.51. The van der Waals surface area contributed by atoms with E-state index in [-0.39, 0.29) is 35.6 Å². The Labute approximate surface area is 228 Å². The first-order chi connectivity index (χ1) is 18.3. The normalized spacial score (nSPS) is 14.6. The molecule has 3 heterocycles. The van der Waals surface area contributed by atoms with E-state index in [9.17, 15) is 19.1 Å². The SMILES string of the molecule is CC(CO[Si](C)(C)C(C)(C)C)n1cnnc1-c1cccc(NC(=O)c2cc3c(cc2F)CCN(C(=O)O)C3)n1. The molecular formula is C27H35FN6O4Si. The number of fused-ring (bicyclic) bond motifs is 1. The number of nitrogens with one attached hydrogen (secondary N) is 1. The maximum absolute atomic E-state index is 14.8. The third-order valence-electron chi connectivity index (χ3n) is 7.58. The molecule has 0 spiro atoms. The number of rotatable bonds is 7. The van der Waals surface area contributed by atoms with E-state index in [2.05, 4.69) is 54.4 Å². The second kappa shape index (κ2) is 10.9. The summed E-state index contributed by atoms with van der Waals surface area (Å²) in [7, 11) is -1.94. The molecule has 0 aliphatic carbocycles. The Kier molecular flexibility index (Phi) is 7.89. The first-order valence-corrected chi connectivity index (χ1v) is 15.8. The number of benzene rings is 1. The minimum atomic E-state index is -1.94. The second-order valence-electron chi connectivity index (χ2n) is 11.4. The lowest BCUT2D eigenvalue weighted by Crippen LogP contribution is -2.42. The largest absolute Gasteiger partial charge is 0.465 e. The lowest BCUT2D eigenvalue weighted by atomic mass is 9.97. The summed E-state index contributed by atoms with van der Waals surface area (Å²) in [6, 6.07) is 7.76. The predicted molar refractivity (Wildman–Crippen MR) is 148 cm³/mol. The van der Waals surface area contributed by atoms with Gasteiger partial charge in [-0.15, -0.1) is 10.2 Å². The van der Waals surface area contributed by atoms with Crippen molar-refractivity contribution in [2.24, 2.45) is 0 Å². The Morgan fingerprint density at radius 2 is 1.97 bits per heavy atom. The van der Waals surface area contributed by atoms with Crippen LogP contribution in [0, 0.1) is 5.82 Å². The summed E-state index contributed by atoms with van der Waals surface area (Å²) < 4.78 is 23.1. The molecule has 1 atom stereocenters. The van der Waals surface area contributed by atoms with E-state index < -0.39 is 26.1 Å². The van der Waals surface area contributed by atoms with Crippen LogP contribution in [0.25, 0.3) is 11.5 Å². The van der Waals surface area contributed by atoms with Crippen molar-refractivity contribution in [3.8, 4) is 11.5 Å². The molecule has 0 radical (unpaired) electrons. The van der Waals surface area contributed by atoms with Crippen molar-refractivity contribution in [2.75, 3.05) is 18.5 Å². The predicted octanol–water partition coefficient (Wildman–Crippen LogP) is 5.35. The molecule has 208 valence electrons. The van der Waals surface area contributed by atoms with Gasteiger partial charge in [0, 0.05) is 13.1 Å². The highest BCUT2D eigenvalue weighted by atomic mass is 28.4. The monoisotopic (exact) mass is 554 g/mol. The highest BCUT2D eigenvalue weighted by Gasteiger charge is 2.37. The number of anilines is 1. The van der Waals surface area contributed by atoms with Gasteiger partial charge in [-0.05, 0) is 66.9 Å². The molecule has 0 fully saturated rings. The van der Waals surface area contributed by atoms with E-state index >= 15 is 0 Å². The molecule has 2 aromatic heterocycles. The Morgan fingerprint density at radius 3 is 2.67 bits per heavy atom. The number of carboxylic acid groups (broad SMARTS) is 1. The fourth-order valence-corrected chi connectivity index (χ4v) is 5.19. The van der Waals surface area contributed by atoms with Gasteiger partial charge in [0.25, 0.3) is 5.91 Å². The lowest BCUT2D eigenvalue weighted by molar-refractivity contribution is 0.102. The number of halogens is 1. The number of pyridine rings is 1. The third kappa shape index (κ3) is 6.17. The molecular weight excluding hydrogens is 519 g/mol. The van der Waals surface area contributed by atoms with Crippen molar-refractivity contribution in [1.29, 1.82) is 0 Å². The van der Waals surface area contributed by atoms with Gasteiger partial charge in [-0.1, -0.05) is 26.8 Å². The second-order valence-corrected chi connectivity index (χ2v) is 16.2. The van der Waals surface area contributed by atoms with Crippen LogP contribution < -0.4 is 5.32 Å². The van der Waals surface area contributed by atoms with E-state index in [1.807, 2.05) is 11.5 Å². The molecule has 2 N–H and O–H groups in total. The lowest BCUT2D eigenvalue weighted by Gasteiger charge is -2.37. The van der Waals surface area contributed by atoms with Crippen LogP contribution in [-0.4, -0.2) is 63.2 Å². The first-order valence-electron chi connectivity index (χ1n) is 12.9. The zero-order chi connectivity index (χ0) is 28.5. The topological polar surface area (TPSA) is 122 Å². The van der Waals surface area contributed by atoms with E-state index in [1.165, 1.54) is 17.0 Å². The molecule has 39 heavy (non-hydrogen) atoms. The number of hydrogen-bond donors (Lipinski definition) is 2. The summed E-state index contributed by atoms with van der Waals surface area (Å²) in [5.74, 6) is -0.598. The fourth-order valence-electron chi connectivity index (χ4n) is 4.10. The molecule has 4 rings (SSSR count). The molecule has 0 saturated carbocycles. The molecule has 2 amide bonds. The fraction of sp³-hybridized carbons (Fsp3) is 0.444. The van der Waals surface area contributed by atoms with Gasteiger partial charge < -0.3 is 24.3 Å². The Hall–Kier alpha value is -3.64. The van der Waals surface area contributed by atoms with Gasteiger partial charge in [-0.3, -0.25) is 4.79 Å².